The number of nitrogens with zero attached hydrogens (tertiary/aromatic N) is 6. The van der Waals surface area contributed by atoms with Crippen molar-refractivity contribution in [3.63, 3.8) is 0 Å². The van der Waals surface area contributed by atoms with E-state index in [0.717, 1.165) is 104 Å². The number of hydrogen-bond donors (Lipinski definition) is 0. The Morgan fingerprint density at radius 1 is 0.186 bits per heavy atom. The van der Waals surface area contributed by atoms with Crippen molar-refractivity contribution in [2.75, 3.05) is 65.4 Å². The Balaban J connectivity index is 0.733. The highest BCUT2D eigenvalue weighted by Crippen LogP contribution is 2.37. The highest BCUT2D eigenvalue weighted by Gasteiger charge is 2.23. The van der Waals surface area contributed by atoms with Crippen LogP contribution in [0, 0.1) is 0 Å². The Morgan fingerprint density at radius 3 is 0.529 bits per heavy atom. The van der Waals surface area contributed by atoms with Crippen molar-refractivity contribution in [3.05, 3.63) is 362 Å². The first-order chi connectivity index (χ1) is 50.7. The fourth-order valence-corrected chi connectivity index (χ4v) is 22.7. The van der Waals surface area contributed by atoms with Crippen LogP contribution in [0.2, 0.25) is 0 Å². The van der Waals surface area contributed by atoms with Gasteiger partial charge in [-0.25, -0.2) is 0 Å². The third kappa shape index (κ3) is 21.3. The number of rotatable bonds is 37. The van der Waals surface area contributed by atoms with Crippen LogP contribution in [0.3, 0.4) is 0 Å². The molecule has 12 aromatic rings. The van der Waals surface area contributed by atoms with Gasteiger partial charge in [-0.05, 0) is 173 Å². The fraction of sp³-hybridized carbons (Fsp3) is 0.174. The molecule has 12 rings (SSSR count). The lowest BCUT2D eigenvalue weighted by molar-refractivity contribution is 0.237. The lowest BCUT2D eigenvalue weighted by atomic mass is 10.2. The first-order valence-electron chi connectivity index (χ1n) is 36.1. The monoisotopic (exact) mass is 1400 g/mol. The second kappa shape index (κ2) is 40.6. The molecular weight excluding hydrogens is 1310 g/mol. The van der Waals surface area contributed by atoms with Crippen LogP contribution in [0.1, 0.15) is 60.8 Å². The van der Waals surface area contributed by atoms with E-state index >= 15 is 0 Å². The molecule has 0 heterocycles. The van der Waals surface area contributed by atoms with E-state index in [9.17, 15) is 0 Å². The molecule has 0 saturated heterocycles. The zero-order chi connectivity index (χ0) is 69.3. The Bertz CT molecular complexity index is 3780. The van der Waals surface area contributed by atoms with E-state index in [-0.39, 0.29) is 0 Å². The summed E-state index contributed by atoms with van der Waals surface area (Å²) in [4.78, 5) is 26.1. The van der Waals surface area contributed by atoms with Gasteiger partial charge in [0, 0.05) is 73.3 Å². The highest BCUT2D eigenvalue weighted by molar-refractivity contribution is 7.81. The molecule has 0 amide bonds. The molecule has 0 aromatic heterocycles. The smallest absolute Gasteiger partial charge is 0.0401 e. The Labute approximate surface area is 611 Å². The van der Waals surface area contributed by atoms with Crippen LogP contribution in [0.15, 0.2) is 360 Å². The molecule has 0 aliphatic rings. The summed E-state index contributed by atoms with van der Waals surface area (Å²) in [5.41, 5.74) is 4.78. The topological polar surface area (TPSA) is 55.9 Å². The molecule has 10 heteroatoms. The minimum atomic E-state index is -0.755. The van der Waals surface area contributed by atoms with Gasteiger partial charge in [-0.1, -0.05) is 340 Å². The molecule has 0 N–H and O–H groups in total. The SMILES string of the molecule is C(=NCCCN(CCCCN(CCCN=Cc1ccccc1P(c1ccccc1)c1ccccc1)CCCN=Cc1ccccc1P(c1ccccc1)c1ccccc1)CCCN=Cc1ccccc1P(c1ccccc1)c1ccccc1)c1ccccc1P(c1ccccc1)c1ccccc1. The van der Waals surface area contributed by atoms with E-state index in [1.807, 2.05) is 0 Å². The van der Waals surface area contributed by atoms with Crippen molar-refractivity contribution >= 4 is 120 Å². The maximum Gasteiger partial charge on any atom is 0.0401 e. The normalized spacial score (nSPS) is 11.9. The Kier molecular flexibility index (Phi) is 28.9. The maximum atomic E-state index is 5.18. The van der Waals surface area contributed by atoms with Crippen molar-refractivity contribution in [2.45, 2.75) is 38.5 Å². The van der Waals surface area contributed by atoms with Gasteiger partial charge in [-0.2, -0.15) is 0 Å². The molecule has 0 atom stereocenters. The molecule has 0 spiro atoms. The van der Waals surface area contributed by atoms with Crippen LogP contribution in [-0.4, -0.2) is 100 Å². The van der Waals surface area contributed by atoms with Crippen LogP contribution in [0.5, 0.6) is 0 Å². The third-order valence-corrected chi connectivity index (χ3v) is 28.1. The van der Waals surface area contributed by atoms with Gasteiger partial charge < -0.3 is 9.80 Å². The van der Waals surface area contributed by atoms with Gasteiger partial charge in [0.2, 0.25) is 0 Å². The van der Waals surface area contributed by atoms with Crippen LogP contribution < -0.4 is 63.7 Å². The molecule has 510 valence electrons. The second-order valence-electron chi connectivity index (χ2n) is 25.2. The van der Waals surface area contributed by atoms with Crippen molar-refractivity contribution in [3.8, 4) is 0 Å². The second-order valence-corrected chi connectivity index (χ2v) is 33.9. The zero-order valence-corrected chi connectivity index (χ0v) is 62.0. The number of unbranched alkanes of at least 4 members (excludes halogenated alkanes) is 1. The molecule has 6 nitrogen and oxygen atoms in total. The van der Waals surface area contributed by atoms with E-state index in [1.165, 1.54) is 85.9 Å². The van der Waals surface area contributed by atoms with E-state index in [1.54, 1.807) is 0 Å². The molecular formula is C92H92N6P4. The van der Waals surface area contributed by atoms with Gasteiger partial charge in [-0.15, -0.1) is 0 Å². The molecule has 0 bridgehead atoms. The average molecular weight is 1410 g/mol. The number of hydrogen-bond acceptors (Lipinski definition) is 6. The van der Waals surface area contributed by atoms with Crippen LogP contribution in [0.25, 0.3) is 0 Å². The van der Waals surface area contributed by atoms with Crippen LogP contribution in [-0.2, 0) is 0 Å². The zero-order valence-electron chi connectivity index (χ0n) is 58.4. The van der Waals surface area contributed by atoms with E-state index < -0.39 is 31.7 Å². The third-order valence-electron chi connectivity index (χ3n) is 18.0. The summed E-state index contributed by atoms with van der Waals surface area (Å²) in [6.07, 6.45) is 14.7. The van der Waals surface area contributed by atoms with Gasteiger partial charge in [-0.3, -0.25) is 20.0 Å². The summed E-state index contributed by atoms with van der Waals surface area (Å²) in [7, 11) is -3.02. The van der Waals surface area contributed by atoms with Gasteiger partial charge in [0.05, 0.1) is 0 Å². The summed E-state index contributed by atoms with van der Waals surface area (Å²) in [6, 6.07) is 123. The molecule has 0 aliphatic heterocycles. The molecule has 0 radical (unpaired) electrons. The Hall–Kier alpha value is -9.04. The molecule has 0 saturated carbocycles. The lowest BCUT2D eigenvalue weighted by Crippen LogP contribution is -2.31. The quantitative estimate of drug-likeness (QED) is 0.0221. The standard InChI is InChI=1S/C92H92N6P4/c1-9-43-81(44-10-1)99(82-45-11-2-12-46-82)89-59-29-25-39-77(89)73-93-63-35-69-97(70-36-64-94-74-78-40-26-30-60-90(78)100(83-47-13-3-14-48-83)84-49-15-4-16-50-84)67-33-34-68-98(71-37-65-95-75-79-41-27-31-61-91(79)101(85-51-17-5-18-52-85)86-53-19-6-20-54-86)72-38-66-96-76-80-42-28-32-62-92(80)102(87-55-21-7-22-56-87)88-57-23-8-24-58-88/h1-32,39-62,73-76H,33-38,63-72H2. The van der Waals surface area contributed by atoms with Crippen LogP contribution in [0.4, 0.5) is 0 Å². The van der Waals surface area contributed by atoms with Crippen LogP contribution >= 0.6 is 31.7 Å². The van der Waals surface area contributed by atoms with Gasteiger partial charge >= 0.3 is 0 Å². The minimum absolute atomic E-state index is 0.755. The maximum absolute atomic E-state index is 5.18. The molecule has 0 aliphatic carbocycles. The Morgan fingerprint density at radius 2 is 0.343 bits per heavy atom. The number of benzene rings is 12. The summed E-state index contributed by atoms with van der Waals surface area (Å²) in [5.74, 6) is 0. The van der Waals surface area contributed by atoms with E-state index in [2.05, 4.69) is 374 Å². The highest BCUT2D eigenvalue weighted by atomic mass is 31.1. The van der Waals surface area contributed by atoms with Gasteiger partial charge in [0.15, 0.2) is 0 Å². The summed E-state index contributed by atoms with van der Waals surface area (Å²) < 4.78 is 0. The van der Waals surface area contributed by atoms with E-state index in [0.29, 0.717) is 0 Å². The first-order valence-corrected chi connectivity index (χ1v) is 41.5. The lowest BCUT2D eigenvalue weighted by Gasteiger charge is -2.24. The summed E-state index contributed by atoms with van der Waals surface area (Å²) in [6.45, 7) is 9.03. The largest absolute Gasteiger partial charge is 0.303 e. The van der Waals surface area contributed by atoms with Crippen molar-refractivity contribution in [1.29, 1.82) is 0 Å². The molecule has 0 unspecified atom stereocenters. The predicted molar refractivity (Wildman–Crippen MR) is 451 cm³/mol. The van der Waals surface area contributed by atoms with Crippen molar-refractivity contribution in [2.24, 2.45) is 20.0 Å². The predicted octanol–water partition coefficient (Wildman–Crippen LogP) is 15.4. The summed E-state index contributed by atoms with van der Waals surface area (Å²) >= 11 is 0. The van der Waals surface area contributed by atoms with Gasteiger partial charge in [0.1, 0.15) is 0 Å². The molecule has 0 fully saturated rings. The van der Waals surface area contributed by atoms with Gasteiger partial charge in [0.25, 0.3) is 0 Å². The molecule has 102 heavy (non-hydrogen) atoms. The molecule has 12 aromatic carbocycles. The van der Waals surface area contributed by atoms with E-state index in [4.69, 9.17) is 20.0 Å². The minimum Gasteiger partial charge on any atom is -0.303 e. The van der Waals surface area contributed by atoms with Crippen molar-refractivity contribution < 1.29 is 0 Å². The van der Waals surface area contributed by atoms with Crippen molar-refractivity contribution in [1.82, 2.24) is 9.80 Å². The first kappa shape index (κ1) is 72.7. The fourth-order valence-electron chi connectivity index (χ4n) is 13.1. The average Bonchev–Trinajstić information content (AvgIpc) is 0.827. The summed E-state index contributed by atoms with van der Waals surface area (Å²) in [5, 5.41) is 16.1. The number of aliphatic imine (C=N–C) groups is 4.